The maximum absolute atomic E-state index is 12.6. The van der Waals surface area contributed by atoms with E-state index in [1.165, 1.54) is 25.3 Å². The summed E-state index contributed by atoms with van der Waals surface area (Å²) in [6, 6.07) is 5.22. The van der Waals surface area contributed by atoms with Gasteiger partial charge in [0.25, 0.3) is 5.69 Å². The van der Waals surface area contributed by atoms with Crippen molar-refractivity contribution in [1.29, 1.82) is 0 Å². The third-order valence-electron chi connectivity index (χ3n) is 5.76. The van der Waals surface area contributed by atoms with Crippen LogP contribution in [0.1, 0.15) is 48.3 Å². The molecule has 1 aromatic heterocycles. The lowest BCUT2D eigenvalue weighted by molar-refractivity contribution is -0.384. The van der Waals surface area contributed by atoms with Crippen LogP contribution in [0, 0.1) is 16.0 Å². The Kier molecular flexibility index (Phi) is 4.22. The largest absolute Gasteiger partial charge is 0.363 e. The first-order valence-electron chi connectivity index (χ1n) is 9.13. The van der Waals surface area contributed by atoms with E-state index in [9.17, 15) is 14.9 Å². The number of rotatable bonds is 5. The molecule has 7 nitrogen and oxygen atoms in total. The highest BCUT2D eigenvalue weighted by Gasteiger charge is 2.37. The summed E-state index contributed by atoms with van der Waals surface area (Å²) in [4.78, 5) is 30.2. The molecule has 2 heterocycles. The first-order chi connectivity index (χ1) is 12.6. The van der Waals surface area contributed by atoms with Crippen molar-refractivity contribution in [3.63, 3.8) is 0 Å². The zero-order valence-corrected chi connectivity index (χ0v) is 14.8. The van der Waals surface area contributed by atoms with Crippen LogP contribution in [0.15, 0.2) is 30.6 Å². The fraction of sp³-hybridized carbons (Fsp3) is 0.474. The van der Waals surface area contributed by atoms with Crippen LogP contribution < -0.4 is 4.90 Å². The molecular weight excluding hydrogens is 332 g/mol. The van der Waals surface area contributed by atoms with Gasteiger partial charge in [0.2, 0.25) is 5.78 Å². The van der Waals surface area contributed by atoms with Gasteiger partial charge in [-0.1, -0.05) is 6.42 Å². The molecule has 1 unspecified atom stereocenters. The number of nitro groups is 1. The molecule has 136 valence electrons. The minimum absolute atomic E-state index is 0.0104. The molecule has 0 N–H and O–H groups in total. The van der Waals surface area contributed by atoms with E-state index in [0.717, 1.165) is 19.4 Å². The Bertz CT molecular complexity index is 856. The van der Waals surface area contributed by atoms with E-state index >= 15 is 0 Å². The Morgan fingerprint density at radius 3 is 2.69 bits per heavy atom. The number of benzene rings is 1. The third-order valence-corrected chi connectivity index (χ3v) is 5.76. The average molecular weight is 354 g/mol. The lowest BCUT2D eigenvalue weighted by Gasteiger charge is -2.38. The lowest BCUT2D eigenvalue weighted by atomic mass is 9.78. The minimum Gasteiger partial charge on any atom is -0.363 e. The van der Waals surface area contributed by atoms with Gasteiger partial charge in [-0.25, -0.2) is 4.98 Å². The van der Waals surface area contributed by atoms with Gasteiger partial charge in [0.1, 0.15) is 5.69 Å². The fourth-order valence-corrected chi connectivity index (χ4v) is 4.17. The Morgan fingerprint density at radius 2 is 2.08 bits per heavy atom. The molecule has 4 rings (SSSR count). The SMILES string of the molecule is Cn1ccnc1C(=O)c1ccc(N2CCCC2C2CCC2)c([N+](=O)[O-])c1. The molecule has 0 bridgehead atoms. The predicted octanol–water partition coefficient (Wildman–Crippen LogP) is 3.33. The summed E-state index contributed by atoms with van der Waals surface area (Å²) in [6.07, 6.45) is 9.07. The smallest absolute Gasteiger partial charge is 0.293 e. The maximum atomic E-state index is 12.6. The Balaban J connectivity index is 1.69. The zero-order chi connectivity index (χ0) is 18.3. The number of aryl methyl sites for hydroxylation is 1. The first-order valence-corrected chi connectivity index (χ1v) is 9.13. The number of hydrogen-bond donors (Lipinski definition) is 0. The van der Waals surface area contributed by atoms with Crippen LogP contribution in [-0.4, -0.2) is 32.8 Å². The molecule has 1 saturated heterocycles. The number of nitro benzene ring substituents is 1. The van der Waals surface area contributed by atoms with Crippen molar-refractivity contribution in [1.82, 2.24) is 9.55 Å². The molecule has 1 saturated carbocycles. The third kappa shape index (κ3) is 2.77. The molecule has 2 aliphatic rings. The van der Waals surface area contributed by atoms with Crippen LogP contribution >= 0.6 is 0 Å². The highest BCUT2D eigenvalue weighted by molar-refractivity contribution is 6.07. The van der Waals surface area contributed by atoms with Gasteiger partial charge in [0, 0.05) is 43.7 Å². The van der Waals surface area contributed by atoms with Gasteiger partial charge in [-0.05, 0) is 43.7 Å². The van der Waals surface area contributed by atoms with Gasteiger partial charge in [-0.15, -0.1) is 0 Å². The summed E-state index contributed by atoms with van der Waals surface area (Å²) in [5.74, 6) is 0.621. The second-order valence-electron chi connectivity index (χ2n) is 7.25. The van der Waals surface area contributed by atoms with E-state index in [1.807, 2.05) is 0 Å². The van der Waals surface area contributed by atoms with Crippen molar-refractivity contribution in [2.75, 3.05) is 11.4 Å². The number of hydrogen-bond acceptors (Lipinski definition) is 5. The molecule has 2 aromatic rings. The molecule has 1 aromatic carbocycles. The molecule has 1 aliphatic carbocycles. The van der Waals surface area contributed by atoms with E-state index in [1.54, 1.807) is 36.1 Å². The molecule has 1 aliphatic heterocycles. The quantitative estimate of drug-likeness (QED) is 0.467. The standard InChI is InChI=1S/C19H22N4O3/c1-21-11-9-20-19(21)18(24)14-7-8-16(17(12-14)23(25)26)22-10-3-6-15(22)13-4-2-5-13/h7-9,11-13,15H,2-6,10H2,1H3. The maximum Gasteiger partial charge on any atom is 0.293 e. The number of imidazole rings is 1. The Hall–Kier alpha value is -2.70. The highest BCUT2D eigenvalue weighted by atomic mass is 16.6. The van der Waals surface area contributed by atoms with Gasteiger partial charge in [-0.2, -0.15) is 0 Å². The van der Waals surface area contributed by atoms with Crippen LogP contribution in [0.2, 0.25) is 0 Å². The number of ketones is 1. The number of aromatic nitrogens is 2. The summed E-state index contributed by atoms with van der Waals surface area (Å²) in [5.41, 5.74) is 0.950. The summed E-state index contributed by atoms with van der Waals surface area (Å²) >= 11 is 0. The van der Waals surface area contributed by atoms with Crippen LogP contribution in [0.3, 0.4) is 0 Å². The number of carbonyl (C=O) groups excluding carboxylic acids is 1. The first kappa shape index (κ1) is 16.8. The normalized spacial score (nSPS) is 20.2. The van der Waals surface area contributed by atoms with Crippen molar-refractivity contribution in [2.45, 2.75) is 38.1 Å². The Labute approximate surface area is 151 Å². The summed E-state index contributed by atoms with van der Waals surface area (Å²) in [7, 11) is 1.73. The van der Waals surface area contributed by atoms with Crippen LogP contribution in [0.5, 0.6) is 0 Å². The van der Waals surface area contributed by atoms with E-state index in [4.69, 9.17) is 0 Å². The number of nitrogens with zero attached hydrogens (tertiary/aromatic N) is 4. The van der Waals surface area contributed by atoms with Crippen LogP contribution in [-0.2, 0) is 7.05 Å². The summed E-state index contributed by atoms with van der Waals surface area (Å²) in [5, 5.41) is 11.7. The second kappa shape index (κ2) is 6.55. The van der Waals surface area contributed by atoms with E-state index in [-0.39, 0.29) is 22.2 Å². The van der Waals surface area contributed by atoms with Crippen molar-refractivity contribution < 1.29 is 9.72 Å². The molecule has 0 radical (unpaired) electrons. The monoisotopic (exact) mass is 354 g/mol. The minimum atomic E-state index is -0.374. The summed E-state index contributed by atoms with van der Waals surface area (Å²) in [6.45, 7) is 0.842. The topological polar surface area (TPSA) is 81.3 Å². The molecule has 0 spiro atoms. The van der Waals surface area contributed by atoms with Crippen LogP contribution in [0.25, 0.3) is 0 Å². The highest BCUT2D eigenvalue weighted by Crippen LogP contribution is 2.42. The van der Waals surface area contributed by atoms with Gasteiger partial charge in [0.05, 0.1) is 4.92 Å². The lowest BCUT2D eigenvalue weighted by Crippen LogP contribution is -2.39. The van der Waals surface area contributed by atoms with Crippen molar-refractivity contribution >= 4 is 17.2 Å². The molecule has 2 fully saturated rings. The van der Waals surface area contributed by atoms with Gasteiger partial charge in [-0.3, -0.25) is 14.9 Å². The second-order valence-corrected chi connectivity index (χ2v) is 7.25. The van der Waals surface area contributed by atoms with Gasteiger partial charge in [0.15, 0.2) is 5.82 Å². The van der Waals surface area contributed by atoms with Crippen molar-refractivity contribution in [2.24, 2.45) is 13.0 Å². The Morgan fingerprint density at radius 1 is 1.27 bits per heavy atom. The predicted molar refractivity (Wildman–Crippen MR) is 97.4 cm³/mol. The molecule has 26 heavy (non-hydrogen) atoms. The molecule has 1 atom stereocenters. The number of carbonyl (C=O) groups is 1. The van der Waals surface area contributed by atoms with Crippen molar-refractivity contribution in [3.05, 3.63) is 52.1 Å². The van der Waals surface area contributed by atoms with E-state index in [0.29, 0.717) is 23.2 Å². The van der Waals surface area contributed by atoms with Crippen LogP contribution in [0.4, 0.5) is 11.4 Å². The van der Waals surface area contributed by atoms with Crippen molar-refractivity contribution in [3.8, 4) is 0 Å². The number of anilines is 1. The molecule has 7 heteroatoms. The molecular formula is C19H22N4O3. The fourth-order valence-electron chi connectivity index (χ4n) is 4.17. The van der Waals surface area contributed by atoms with E-state index in [2.05, 4.69) is 9.88 Å². The van der Waals surface area contributed by atoms with E-state index < -0.39 is 0 Å². The molecule has 0 amide bonds. The van der Waals surface area contributed by atoms with Gasteiger partial charge >= 0.3 is 0 Å². The van der Waals surface area contributed by atoms with Gasteiger partial charge < -0.3 is 9.47 Å². The zero-order valence-electron chi connectivity index (χ0n) is 14.8. The average Bonchev–Trinajstić information content (AvgIpc) is 3.21. The summed E-state index contributed by atoms with van der Waals surface area (Å²) < 4.78 is 1.62.